The highest BCUT2D eigenvalue weighted by Crippen LogP contribution is 2.31. The van der Waals surface area contributed by atoms with Crippen molar-refractivity contribution >= 4 is 0 Å². The van der Waals surface area contributed by atoms with Crippen molar-refractivity contribution in [2.24, 2.45) is 0 Å². The van der Waals surface area contributed by atoms with Gasteiger partial charge in [-0.25, -0.2) is 0 Å². The van der Waals surface area contributed by atoms with Gasteiger partial charge in [0.25, 0.3) is 0 Å². The van der Waals surface area contributed by atoms with E-state index in [1.54, 1.807) is 7.11 Å². The smallest absolute Gasteiger partial charge is 0.0704 e. The monoisotopic (exact) mass is 305 g/mol. The van der Waals surface area contributed by atoms with Crippen molar-refractivity contribution in [1.82, 2.24) is 5.32 Å². The lowest BCUT2D eigenvalue weighted by Crippen LogP contribution is -2.46. The lowest BCUT2D eigenvalue weighted by molar-refractivity contribution is -0.0170. The zero-order valence-electron chi connectivity index (χ0n) is 13.4. The lowest BCUT2D eigenvalue weighted by Gasteiger charge is -2.27. The van der Waals surface area contributed by atoms with Gasteiger partial charge in [-0.1, -0.05) is 6.92 Å². The summed E-state index contributed by atoms with van der Waals surface area (Å²) in [6.07, 6.45) is 3.05. The van der Waals surface area contributed by atoms with E-state index in [4.69, 9.17) is 18.9 Å². The number of nitrogens with one attached hydrogen (secondary N) is 1. The van der Waals surface area contributed by atoms with E-state index in [2.05, 4.69) is 12.2 Å². The van der Waals surface area contributed by atoms with Crippen LogP contribution in [-0.2, 0) is 18.9 Å². The average Bonchev–Trinajstić information content (AvgIpc) is 2.90. The second-order valence-corrected chi connectivity index (χ2v) is 5.42. The molecule has 21 heavy (non-hydrogen) atoms. The van der Waals surface area contributed by atoms with E-state index in [9.17, 15) is 5.11 Å². The first-order valence-corrected chi connectivity index (χ1v) is 7.88. The van der Waals surface area contributed by atoms with Crippen molar-refractivity contribution < 1.29 is 24.1 Å². The number of methoxy groups -OCH3 is 1. The van der Waals surface area contributed by atoms with E-state index in [-0.39, 0.29) is 18.2 Å². The van der Waals surface area contributed by atoms with E-state index < -0.39 is 0 Å². The minimum atomic E-state index is -0.143. The molecule has 1 rings (SSSR count). The number of hydrogen-bond acceptors (Lipinski definition) is 6. The fraction of sp³-hybridized carbons (Fsp3) is 1.00. The van der Waals surface area contributed by atoms with Crippen LogP contribution >= 0.6 is 0 Å². The third-order valence-corrected chi connectivity index (χ3v) is 3.80. The molecule has 0 radical (unpaired) electrons. The van der Waals surface area contributed by atoms with Crippen LogP contribution < -0.4 is 5.32 Å². The topological polar surface area (TPSA) is 69.2 Å². The molecule has 0 bridgehead atoms. The SMILES string of the molecule is CCNC1(CO)CCC(OCCOCCOCCOC)C1. The molecule has 1 aliphatic rings. The molecule has 0 spiro atoms. The fourth-order valence-corrected chi connectivity index (χ4v) is 2.69. The molecule has 0 amide bonds. The quantitative estimate of drug-likeness (QED) is 0.485. The van der Waals surface area contributed by atoms with Crippen molar-refractivity contribution in [2.45, 2.75) is 37.8 Å². The van der Waals surface area contributed by atoms with E-state index in [0.717, 1.165) is 25.8 Å². The summed E-state index contributed by atoms with van der Waals surface area (Å²) in [7, 11) is 1.65. The Kier molecular flexibility index (Phi) is 10.2. The van der Waals surface area contributed by atoms with Crippen LogP contribution in [0.15, 0.2) is 0 Å². The van der Waals surface area contributed by atoms with Gasteiger partial charge in [0.05, 0.1) is 52.4 Å². The molecule has 2 N–H and O–H groups in total. The Labute approximate surface area is 128 Å². The van der Waals surface area contributed by atoms with Gasteiger partial charge in [0.1, 0.15) is 0 Å². The third-order valence-electron chi connectivity index (χ3n) is 3.80. The first-order valence-electron chi connectivity index (χ1n) is 7.88. The molecule has 0 heterocycles. The Morgan fingerprint density at radius 2 is 1.76 bits per heavy atom. The number of hydrogen-bond donors (Lipinski definition) is 2. The molecule has 2 unspecified atom stereocenters. The summed E-state index contributed by atoms with van der Waals surface area (Å²) in [5.41, 5.74) is -0.143. The summed E-state index contributed by atoms with van der Waals surface area (Å²) in [4.78, 5) is 0. The molecular formula is C15H31NO5. The van der Waals surface area contributed by atoms with E-state index in [1.165, 1.54) is 0 Å². The van der Waals surface area contributed by atoms with Crippen molar-refractivity contribution in [3.63, 3.8) is 0 Å². The lowest BCUT2D eigenvalue weighted by atomic mass is 9.99. The number of aliphatic hydroxyl groups is 1. The second kappa shape index (κ2) is 11.3. The Hall–Kier alpha value is -0.240. The fourth-order valence-electron chi connectivity index (χ4n) is 2.69. The maximum Gasteiger partial charge on any atom is 0.0704 e. The minimum absolute atomic E-state index is 0.143. The molecule has 6 nitrogen and oxygen atoms in total. The summed E-state index contributed by atoms with van der Waals surface area (Å²) in [5.74, 6) is 0. The van der Waals surface area contributed by atoms with Gasteiger partial charge >= 0.3 is 0 Å². The van der Waals surface area contributed by atoms with E-state index in [1.807, 2.05) is 0 Å². The highest BCUT2D eigenvalue weighted by molar-refractivity contribution is 4.96. The van der Waals surface area contributed by atoms with Crippen molar-refractivity contribution in [2.75, 3.05) is 59.9 Å². The van der Waals surface area contributed by atoms with Gasteiger partial charge in [0.2, 0.25) is 0 Å². The normalized spacial score (nSPS) is 25.6. The van der Waals surface area contributed by atoms with Gasteiger partial charge in [-0.3, -0.25) is 0 Å². The van der Waals surface area contributed by atoms with Crippen LogP contribution in [0.5, 0.6) is 0 Å². The number of rotatable bonds is 13. The van der Waals surface area contributed by atoms with Crippen LogP contribution in [-0.4, -0.2) is 76.7 Å². The molecule has 1 aliphatic carbocycles. The highest BCUT2D eigenvalue weighted by atomic mass is 16.6. The molecule has 0 aromatic rings. The first-order chi connectivity index (χ1) is 10.3. The molecular weight excluding hydrogens is 274 g/mol. The van der Waals surface area contributed by atoms with Gasteiger partial charge in [-0.05, 0) is 25.8 Å². The van der Waals surface area contributed by atoms with Crippen LogP contribution in [0.3, 0.4) is 0 Å². The van der Waals surface area contributed by atoms with Crippen LogP contribution in [0.4, 0.5) is 0 Å². The Balaban J connectivity index is 1.97. The van der Waals surface area contributed by atoms with Crippen LogP contribution in [0.25, 0.3) is 0 Å². The first kappa shape index (κ1) is 18.8. The summed E-state index contributed by atoms with van der Waals surface area (Å²) < 4.78 is 21.4. The second-order valence-electron chi connectivity index (χ2n) is 5.42. The van der Waals surface area contributed by atoms with E-state index >= 15 is 0 Å². The molecule has 1 saturated carbocycles. The predicted octanol–water partition coefficient (Wildman–Crippen LogP) is 0.576. The predicted molar refractivity (Wildman–Crippen MR) is 80.6 cm³/mol. The van der Waals surface area contributed by atoms with Crippen molar-refractivity contribution in [1.29, 1.82) is 0 Å². The zero-order valence-corrected chi connectivity index (χ0v) is 13.4. The summed E-state index contributed by atoms with van der Waals surface area (Å²) >= 11 is 0. The standard InChI is InChI=1S/C15H31NO5/c1-3-16-15(13-17)5-4-14(12-15)21-11-10-20-9-8-19-7-6-18-2/h14,16-17H,3-13H2,1-2H3. The van der Waals surface area contributed by atoms with Gasteiger partial charge < -0.3 is 29.4 Å². The molecule has 2 atom stereocenters. The molecule has 0 aromatic carbocycles. The molecule has 0 aliphatic heterocycles. The van der Waals surface area contributed by atoms with E-state index in [0.29, 0.717) is 39.6 Å². The largest absolute Gasteiger partial charge is 0.394 e. The molecule has 0 aromatic heterocycles. The maximum atomic E-state index is 9.53. The summed E-state index contributed by atoms with van der Waals surface area (Å²) in [6, 6.07) is 0. The third kappa shape index (κ3) is 7.54. The number of likely N-dealkylation sites (N-methyl/N-ethyl adjacent to an activating group) is 1. The maximum absolute atomic E-state index is 9.53. The number of aliphatic hydroxyl groups excluding tert-OH is 1. The van der Waals surface area contributed by atoms with Gasteiger partial charge in [-0.15, -0.1) is 0 Å². The van der Waals surface area contributed by atoms with Gasteiger partial charge in [-0.2, -0.15) is 0 Å². The van der Waals surface area contributed by atoms with Crippen LogP contribution in [0.1, 0.15) is 26.2 Å². The van der Waals surface area contributed by atoms with Gasteiger partial charge in [0, 0.05) is 12.6 Å². The van der Waals surface area contributed by atoms with Crippen LogP contribution in [0, 0.1) is 0 Å². The Morgan fingerprint density at radius 1 is 1.10 bits per heavy atom. The minimum Gasteiger partial charge on any atom is -0.394 e. The zero-order chi connectivity index (χ0) is 15.4. The molecule has 0 saturated heterocycles. The van der Waals surface area contributed by atoms with Gasteiger partial charge in [0.15, 0.2) is 0 Å². The molecule has 126 valence electrons. The average molecular weight is 305 g/mol. The Bertz CT molecular complexity index is 254. The molecule has 1 fully saturated rings. The van der Waals surface area contributed by atoms with Crippen molar-refractivity contribution in [3.8, 4) is 0 Å². The molecule has 6 heteroatoms. The summed E-state index contributed by atoms with van der Waals surface area (Å²) in [6.45, 7) is 6.67. The van der Waals surface area contributed by atoms with Crippen molar-refractivity contribution in [3.05, 3.63) is 0 Å². The Morgan fingerprint density at radius 3 is 2.38 bits per heavy atom. The summed E-state index contributed by atoms with van der Waals surface area (Å²) in [5, 5.41) is 12.9. The number of ether oxygens (including phenoxy) is 4. The van der Waals surface area contributed by atoms with Crippen LogP contribution in [0.2, 0.25) is 0 Å². The highest BCUT2D eigenvalue weighted by Gasteiger charge is 2.38.